The molecular weight excluding hydrogens is 404 g/mol. The SMILES string of the molecule is CC(C)c1cccc(C(C)C)c1N=Cc1cc(C=Nc2c(C(C)C)cccc2C(C)C)[n-]n1. The lowest BCUT2D eigenvalue weighted by atomic mass is 9.93. The average Bonchev–Trinajstić information content (AvgIpc) is 3.23. The number of hydrogen-bond donors (Lipinski definition) is 0. The third kappa shape index (κ3) is 5.87. The van der Waals surface area contributed by atoms with Gasteiger partial charge in [-0.1, -0.05) is 91.8 Å². The molecule has 0 saturated carbocycles. The molecule has 0 radical (unpaired) electrons. The van der Waals surface area contributed by atoms with Crippen molar-refractivity contribution >= 4 is 23.8 Å². The standard InChI is InChI=1S/C29H37N4/c1-18(2)24-11-9-12-25(19(3)4)28(24)30-16-22-15-23(33-32-22)17-31-29-26(20(5)6)13-10-14-27(29)21(7)8/h9-21H,1-8H3/q-1. The van der Waals surface area contributed by atoms with E-state index in [4.69, 9.17) is 9.98 Å². The molecule has 1 aromatic heterocycles. The van der Waals surface area contributed by atoms with Crippen LogP contribution in [0.5, 0.6) is 0 Å². The molecule has 0 fully saturated rings. The van der Waals surface area contributed by atoms with Crippen LogP contribution in [0.4, 0.5) is 11.4 Å². The molecule has 0 aliphatic carbocycles. The highest BCUT2D eigenvalue weighted by Gasteiger charge is 2.13. The molecule has 174 valence electrons. The second-order valence-electron chi connectivity index (χ2n) is 9.90. The number of benzene rings is 2. The van der Waals surface area contributed by atoms with E-state index in [1.165, 1.54) is 22.3 Å². The lowest BCUT2D eigenvalue weighted by Gasteiger charge is -2.16. The van der Waals surface area contributed by atoms with Crippen LogP contribution in [0.25, 0.3) is 0 Å². The maximum atomic E-state index is 4.85. The van der Waals surface area contributed by atoms with Crippen molar-refractivity contribution in [3.05, 3.63) is 76.1 Å². The minimum Gasteiger partial charge on any atom is -0.574 e. The van der Waals surface area contributed by atoms with Crippen molar-refractivity contribution < 1.29 is 0 Å². The van der Waals surface area contributed by atoms with Gasteiger partial charge in [-0.2, -0.15) is 0 Å². The Bertz CT molecular complexity index is 990. The Morgan fingerprint density at radius 2 is 1.03 bits per heavy atom. The van der Waals surface area contributed by atoms with E-state index < -0.39 is 0 Å². The van der Waals surface area contributed by atoms with Crippen LogP contribution >= 0.6 is 0 Å². The van der Waals surface area contributed by atoms with Crippen LogP contribution in [0.15, 0.2) is 52.4 Å². The summed E-state index contributed by atoms with van der Waals surface area (Å²) in [5, 5.41) is 8.63. The first-order valence-corrected chi connectivity index (χ1v) is 12.0. The molecule has 0 saturated heterocycles. The predicted octanol–water partition coefficient (Wildman–Crippen LogP) is 8.03. The van der Waals surface area contributed by atoms with E-state index in [1.54, 1.807) is 0 Å². The molecule has 0 unspecified atom stereocenters. The number of nitrogens with zero attached hydrogens (tertiary/aromatic N) is 4. The molecule has 0 bridgehead atoms. The fraction of sp³-hybridized carbons (Fsp3) is 0.414. The van der Waals surface area contributed by atoms with Gasteiger partial charge in [0.05, 0.1) is 23.3 Å². The molecular formula is C29H37N4-. The van der Waals surface area contributed by atoms with Crippen LogP contribution in [-0.4, -0.2) is 17.5 Å². The van der Waals surface area contributed by atoms with Crippen LogP contribution in [0.3, 0.4) is 0 Å². The van der Waals surface area contributed by atoms with Crippen LogP contribution in [0, 0.1) is 0 Å². The number of aliphatic imine (C=N–C) groups is 2. The second-order valence-corrected chi connectivity index (χ2v) is 9.90. The molecule has 0 aliphatic heterocycles. The van der Waals surface area contributed by atoms with Crippen molar-refractivity contribution in [3.63, 3.8) is 0 Å². The Morgan fingerprint density at radius 3 is 1.42 bits per heavy atom. The van der Waals surface area contributed by atoms with Gasteiger partial charge in [0, 0.05) is 6.21 Å². The van der Waals surface area contributed by atoms with Gasteiger partial charge in [-0.3, -0.25) is 9.98 Å². The fourth-order valence-corrected chi connectivity index (χ4v) is 4.03. The van der Waals surface area contributed by atoms with E-state index in [-0.39, 0.29) is 0 Å². The van der Waals surface area contributed by atoms with E-state index in [9.17, 15) is 0 Å². The average molecular weight is 442 g/mol. The molecule has 4 heteroatoms. The maximum Gasteiger partial charge on any atom is 0.0699 e. The highest BCUT2D eigenvalue weighted by molar-refractivity contribution is 5.86. The molecule has 1 heterocycles. The number of rotatable bonds is 8. The minimum absolute atomic E-state index is 0.403. The van der Waals surface area contributed by atoms with E-state index in [0.717, 1.165) is 22.8 Å². The van der Waals surface area contributed by atoms with Crippen molar-refractivity contribution in [1.82, 2.24) is 10.2 Å². The van der Waals surface area contributed by atoms with Gasteiger partial charge in [0.1, 0.15) is 0 Å². The Kier molecular flexibility index (Phi) is 8.01. The highest BCUT2D eigenvalue weighted by atomic mass is 15.1. The van der Waals surface area contributed by atoms with Crippen molar-refractivity contribution in [3.8, 4) is 0 Å². The summed E-state index contributed by atoms with van der Waals surface area (Å²) in [6.45, 7) is 17.6. The minimum atomic E-state index is 0.403. The monoisotopic (exact) mass is 441 g/mol. The molecule has 3 rings (SSSR count). The Labute approximate surface area is 199 Å². The molecule has 2 aromatic carbocycles. The Hall–Kier alpha value is -3.01. The Balaban J connectivity index is 1.90. The number of hydrogen-bond acceptors (Lipinski definition) is 3. The number of aromatic nitrogens is 2. The zero-order valence-electron chi connectivity index (χ0n) is 21.3. The summed E-state index contributed by atoms with van der Waals surface area (Å²) in [5.41, 5.74) is 8.60. The normalized spacial score (nSPS) is 12.5. The van der Waals surface area contributed by atoms with E-state index >= 15 is 0 Å². The van der Waals surface area contributed by atoms with Crippen molar-refractivity contribution in [2.24, 2.45) is 9.98 Å². The summed E-state index contributed by atoms with van der Waals surface area (Å²) in [7, 11) is 0. The third-order valence-electron chi connectivity index (χ3n) is 5.91. The van der Waals surface area contributed by atoms with Gasteiger partial charge in [-0.05, 0) is 52.0 Å². The second kappa shape index (κ2) is 10.7. The maximum absolute atomic E-state index is 4.85. The molecule has 33 heavy (non-hydrogen) atoms. The first kappa shape index (κ1) is 24.6. The van der Waals surface area contributed by atoms with Crippen LogP contribution in [0.1, 0.15) is 113 Å². The van der Waals surface area contributed by atoms with Gasteiger partial charge in [0.25, 0.3) is 0 Å². The van der Waals surface area contributed by atoms with Crippen molar-refractivity contribution in [1.29, 1.82) is 0 Å². The summed E-state index contributed by atoms with van der Waals surface area (Å²) in [6, 6.07) is 14.8. The molecule has 0 amide bonds. The topological polar surface area (TPSA) is 51.7 Å². The molecule has 0 aliphatic rings. The zero-order valence-corrected chi connectivity index (χ0v) is 21.3. The smallest absolute Gasteiger partial charge is 0.0699 e. The highest BCUT2D eigenvalue weighted by Crippen LogP contribution is 2.35. The van der Waals surface area contributed by atoms with E-state index in [0.29, 0.717) is 23.7 Å². The molecule has 0 N–H and O–H groups in total. The first-order valence-electron chi connectivity index (χ1n) is 12.0. The van der Waals surface area contributed by atoms with E-state index in [2.05, 4.69) is 102 Å². The third-order valence-corrected chi connectivity index (χ3v) is 5.91. The summed E-state index contributed by atoms with van der Waals surface area (Å²) in [6.07, 6.45) is 3.64. The molecule has 0 spiro atoms. The van der Waals surface area contributed by atoms with E-state index in [1.807, 2.05) is 18.5 Å². The summed E-state index contributed by atoms with van der Waals surface area (Å²) < 4.78 is 0. The molecule has 0 atom stereocenters. The van der Waals surface area contributed by atoms with Gasteiger partial charge in [-0.25, -0.2) is 0 Å². The zero-order chi connectivity index (χ0) is 24.1. The number of para-hydroxylation sites is 2. The van der Waals surface area contributed by atoms with Gasteiger partial charge < -0.3 is 10.2 Å². The van der Waals surface area contributed by atoms with Crippen LogP contribution in [-0.2, 0) is 0 Å². The van der Waals surface area contributed by atoms with Crippen molar-refractivity contribution in [2.75, 3.05) is 0 Å². The van der Waals surface area contributed by atoms with Gasteiger partial charge in [-0.15, -0.1) is 5.69 Å². The largest absolute Gasteiger partial charge is 0.574 e. The lowest BCUT2D eigenvalue weighted by Crippen LogP contribution is -1.96. The van der Waals surface area contributed by atoms with Gasteiger partial charge in [0.15, 0.2) is 0 Å². The van der Waals surface area contributed by atoms with Crippen LogP contribution < -0.4 is 5.10 Å². The molecule has 4 nitrogen and oxygen atoms in total. The summed E-state index contributed by atoms with van der Waals surface area (Å²) >= 11 is 0. The van der Waals surface area contributed by atoms with Gasteiger partial charge in [0.2, 0.25) is 0 Å². The van der Waals surface area contributed by atoms with Crippen molar-refractivity contribution in [2.45, 2.75) is 79.1 Å². The van der Waals surface area contributed by atoms with Gasteiger partial charge >= 0.3 is 0 Å². The summed E-state index contributed by atoms with van der Waals surface area (Å²) in [4.78, 5) is 9.71. The lowest BCUT2D eigenvalue weighted by molar-refractivity contribution is 0.834. The summed E-state index contributed by atoms with van der Waals surface area (Å²) in [5.74, 6) is 1.61. The van der Waals surface area contributed by atoms with Crippen LogP contribution in [0.2, 0.25) is 0 Å². The quantitative estimate of drug-likeness (QED) is 0.332. The molecule has 3 aromatic rings. The predicted molar refractivity (Wildman–Crippen MR) is 141 cm³/mol. The first-order chi connectivity index (χ1) is 15.7. The fourth-order valence-electron chi connectivity index (χ4n) is 4.03. The Morgan fingerprint density at radius 1 is 0.636 bits per heavy atom.